The lowest BCUT2D eigenvalue weighted by Gasteiger charge is -2.34. The van der Waals surface area contributed by atoms with Crippen molar-refractivity contribution < 1.29 is 4.39 Å². The van der Waals surface area contributed by atoms with Gasteiger partial charge in [0, 0.05) is 25.4 Å². The van der Waals surface area contributed by atoms with E-state index in [1.54, 1.807) is 6.92 Å². The molecule has 2 atom stereocenters. The minimum Gasteiger partial charge on any atom is -0.316 e. The van der Waals surface area contributed by atoms with E-state index in [2.05, 4.69) is 40.2 Å². The molecule has 1 aromatic rings. The lowest BCUT2D eigenvalue weighted by molar-refractivity contribution is 0.0809. The second-order valence-electron chi connectivity index (χ2n) is 5.87. The number of hydrogen-bond acceptors (Lipinski definition) is 2. The van der Waals surface area contributed by atoms with Gasteiger partial charge in [-0.3, -0.25) is 4.68 Å². The summed E-state index contributed by atoms with van der Waals surface area (Å²) in [7, 11) is 0. The van der Waals surface area contributed by atoms with E-state index in [1.807, 2.05) is 4.68 Å². The fraction of sp³-hybridized carbons (Fsp3) is 0.800. The summed E-state index contributed by atoms with van der Waals surface area (Å²) in [6.07, 6.45) is 3.34. The van der Waals surface area contributed by atoms with Crippen molar-refractivity contribution in [2.24, 2.45) is 5.92 Å². The highest BCUT2D eigenvalue weighted by molar-refractivity contribution is 9.10. The van der Waals surface area contributed by atoms with Crippen LogP contribution in [-0.2, 0) is 19.4 Å². The Balaban J connectivity index is 2.21. The molecule has 1 aliphatic rings. The number of aryl methyl sites for hydroxylation is 2. The first-order valence-electron chi connectivity index (χ1n) is 7.63. The van der Waals surface area contributed by atoms with Crippen LogP contribution in [0.15, 0.2) is 4.47 Å². The summed E-state index contributed by atoms with van der Waals surface area (Å²) in [6, 6.07) is 0. The van der Waals surface area contributed by atoms with E-state index >= 15 is 4.39 Å². The normalized spacial score (nSPS) is 22.8. The Morgan fingerprint density at radius 1 is 1.50 bits per heavy atom. The van der Waals surface area contributed by atoms with E-state index < -0.39 is 5.67 Å². The Labute approximate surface area is 129 Å². The van der Waals surface area contributed by atoms with Crippen molar-refractivity contribution in [2.75, 3.05) is 13.1 Å². The molecule has 114 valence electrons. The van der Waals surface area contributed by atoms with E-state index in [4.69, 9.17) is 0 Å². The molecule has 0 aliphatic carbocycles. The standard InChI is InChI=1S/C15H25BrFN3/c1-4-12-14(16)13(20(5-2)19-12)9-15(3,17)11-7-6-8-18-10-11/h11,18H,4-10H2,1-3H3. The van der Waals surface area contributed by atoms with Gasteiger partial charge in [0.05, 0.1) is 15.9 Å². The first kappa shape index (κ1) is 16.0. The van der Waals surface area contributed by atoms with Crippen molar-refractivity contribution in [2.45, 2.75) is 58.7 Å². The fourth-order valence-electron chi connectivity index (χ4n) is 3.02. The number of halogens is 2. The van der Waals surface area contributed by atoms with Crippen LogP contribution in [0.3, 0.4) is 0 Å². The molecule has 5 heteroatoms. The second-order valence-corrected chi connectivity index (χ2v) is 6.67. The maximum atomic E-state index is 15.2. The SMILES string of the molecule is CCc1nn(CC)c(CC(C)(F)C2CCCNC2)c1Br. The summed E-state index contributed by atoms with van der Waals surface area (Å²) < 4.78 is 18.1. The van der Waals surface area contributed by atoms with Crippen LogP contribution >= 0.6 is 15.9 Å². The van der Waals surface area contributed by atoms with Gasteiger partial charge in [0.25, 0.3) is 0 Å². The molecule has 0 radical (unpaired) electrons. The molecule has 1 fully saturated rings. The van der Waals surface area contributed by atoms with Crippen molar-refractivity contribution in [3.05, 3.63) is 15.9 Å². The highest BCUT2D eigenvalue weighted by atomic mass is 79.9. The van der Waals surface area contributed by atoms with Crippen LogP contribution in [-0.4, -0.2) is 28.5 Å². The molecule has 1 aromatic heterocycles. The quantitative estimate of drug-likeness (QED) is 0.884. The molecule has 1 N–H and O–H groups in total. The molecule has 0 spiro atoms. The van der Waals surface area contributed by atoms with Crippen LogP contribution in [0, 0.1) is 5.92 Å². The zero-order valence-electron chi connectivity index (χ0n) is 12.7. The summed E-state index contributed by atoms with van der Waals surface area (Å²) in [5, 5.41) is 7.88. The fourth-order valence-corrected chi connectivity index (χ4v) is 3.73. The van der Waals surface area contributed by atoms with Crippen molar-refractivity contribution in [3.8, 4) is 0 Å². The third-order valence-electron chi connectivity index (χ3n) is 4.36. The minimum absolute atomic E-state index is 0.0911. The van der Waals surface area contributed by atoms with Gasteiger partial charge < -0.3 is 5.32 Å². The molecule has 20 heavy (non-hydrogen) atoms. The molecule has 1 saturated heterocycles. The van der Waals surface area contributed by atoms with Gasteiger partial charge in [-0.05, 0) is 55.6 Å². The van der Waals surface area contributed by atoms with E-state index in [0.29, 0.717) is 6.42 Å². The van der Waals surface area contributed by atoms with Crippen LogP contribution in [0.25, 0.3) is 0 Å². The number of hydrogen-bond donors (Lipinski definition) is 1. The van der Waals surface area contributed by atoms with Gasteiger partial charge in [-0.1, -0.05) is 6.92 Å². The number of nitrogens with one attached hydrogen (secondary N) is 1. The van der Waals surface area contributed by atoms with Crippen molar-refractivity contribution >= 4 is 15.9 Å². The van der Waals surface area contributed by atoms with E-state index in [0.717, 1.165) is 54.8 Å². The number of aromatic nitrogens is 2. The van der Waals surface area contributed by atoms with Gasteiger partial charge in [-0.15, -0.1) is 0 Å². The van der Waals surface area contributed by atoms with Gasteiger partial charge in [-0.2, -0.15) is 5.10 Å². The topological polar surface area (TPSA) is 29.9 Å². The lowest BCUT2D eigenvalue weighted by Crippen LogP contribution is -2.43. The average molecular weight is 346 g/mol. The van der Waals surface area contributed by atoms with Crippen LogP contribution in [0.5, 0.6) is 0 Å². The number of piperidine rings is 1. The summed E-state index contributed by atoms with van der Waals surface area (Å²) in [5.41, 5.74) is 0.841. The number of alkyl halides is 1. The average Bonchev–Trinajstić information content (AvgIpc) is 2.76. The first-order chi connectivity index (χ1) is 9.49. The van der Waals surface area contributed by atoms with Crippen LogP contribution in [0.2, 0.25) is 0 Å². The van der Waals surface area contributed by atoms with Crippen molar-refractivity contribution in [1.82, 2.24) is 15.1 Å². The maximum Gasteiger partial charge on any atom is 0.117 e. The molecule has 2 heterocycles. The predicted molar refractivity (Wildman–Crippen MR) is 83.8 cm³/mol. The van der Waals surface area contributed by atoms with Crippen molar-refractivity contribution in [1.29, 1.82) is 0 Å². The van der Waals surface area contributed by atoms with Gasteiger partial charge in [0.15, 0.2) is 0 Å². The first-order valence-corrected chi connectivity index (χ1v) is 8.42. The number of nitrogens with zero attached hydrogens (tertiary/aromatic N) is 2. The van der Waals surface area contributed by atoms with Crippen LogP contribution in [0.1, 0.15) is 45.0 Å². The molecule has 2 unspecified atom stereocenters. The summed E-state index contributed by atoms with van der Waals surface area (Å²) in [5.74, 6) is 0.0911. The summed E-state index contributed by atoms with van der Waals surface area (Å²) >= 11 is 3.61. The Morgan fingerprint density at radius 3 is 2.80 bits per heavy atom. The molecular formula is C15H25BrFN3. The smallest absolute Gasteiger partial charge is 0.117 e. The maximum absolute atomic E-state index is 15.2. The van der Waals surface area contributed by atoms with Crippen LogP contribution < -0.4 is 5.32 Å². The monoisotopic (exact) mass is 345 g/mol. The highest BCUT2D eigenvalue weighted by Gasteiger charge is 2.37. The number of rotatable bonds is 5. The second kappa shape index (κ2) is 6.56. The van der Waals surface area contributed by atoms with E-state index in [-0.39, 0.29) is 5.92 Å². The van der Waals surface area contributed by atoms with E-state index in [1.165, 1.54) is 0 Å². The van der Waals surface area contributed by atoms with Crippen molar-refractivity contribution in [3.63, 3.8) is 0 Å². The molecule has 0 bridgehead atoms. The molecule has 0 aromatic carbocycles. The van der Waals surface area contributed by atoms with E-state index in [9.17, 15) is 0 Å². The Kier molecular flexibility index (Phi) is 5.24. The van der Waals surface area contributed by atoms with Gasteiger partial charge >= 0.3 is 0 Å². The van der Waals surface area contributed by atoms with Gasteiger partial charge in [0.1, 0.15) is 5.67 Å². The highest BCUT2D eigenvalue weighted by Crippen LogP contribution is 2.34. The molecule has 3 nitrogen and oxygen atoms in total. The van der Waals surface area contributed by atoms with Gasteiger partial charge in [0.2, 0.25) is 0 Å². The van der Waals surface area contributed by atoms with Crippen LogP contribution in [0.4, 0.5) is 4.39 Å². The summed E-state index contributed by atoms with van der Waals surface area (Å²) in [6.45, 7) is 8.47. The predicted octanol–water partition coefficient (Wildman–Crippen LogP) is 3.50. The van der Waals surface area contributed by atoms with Gasteiger partial charge in [-0.25, -0.2) is 4.39 Å². The molecule has 2 rings (SSSR count). The third kappa shape index (κ3) is 3.25. The Bertz CT molecular complexity index is 450. The summed E-state index contributed by atoms with van der Waals surface area (Å²) in [4.78, 5) is 0. The Morgan fingerprint density at radius 2 is 2.25 bits per heavy atom. The lowest BCUT2D eigenvalue weighted by atomic mass is 9.82. The molecule has 1 aliphatic heterocycles. The minimum atomic E-state index is -1.19. The third-order valence-corrected chi connectivity index (χ3v) is 5.27. The largest absolute Gasteiger partial charge is 0.316 e. The molecular weight excluding hydrogens is 321 g/mol. The molecule has 0 amide bonds. The zero-order chi connectivity index (χ0) is 14.8. The molecule has 0 saturated carbocycles. The Hall–Kier alpha value is -0.420. The zero-order valence-corrected chi connectivity index (χ0v) is 14.3.